The molecule has 0 fully saturated rings. The number of hydrogen-bond donors (Lipinski definition) is 3. The summed E-state index contributed by atoms with van der Waals surface area (Å²) in [6.45, 7) is 2.25. The molecule has 18 heavy (non-hydrogen) atoms. The fourth-order valence-corrected chi connectivity index (χ4v) is 1.40. The molecule has 3 nitrogen and oxygen atoms in total. The van der Waals surface area contributed by atoms with Crippen LogP contribution in [-0.2, 0) is 6.42 Å². The molecule has 108 valence electrons. The minimum absolute atomic E-state index is 1.25. The first kappa shape index (κ1) is 22.3. The van der Waals surface area contributed by atoms with E-state index >= 15 is 0 Å². The monoisotopic (exact) mass is 255 g/mol. The highest BCUT2D eigenvalue weighted by molar-refractivity contribution is 5.14. The molecule has 0 bridgehead atoms. The molecule has 0 spiro atoms. The van der Waals surface area contributed by atoms with Gasteiger partial charge in [-0.1, -0.05) is 56.5 Å². The molecule has 0 saturated heterocycles. The predicted molar refractivity (Wildman–Crippen MR) is 84.6 cm³/mol. The second-order valence-electron chi connectivity index (χ2n) is 3.30. The van der Waals surface area contributed by atoms with E-state index in [1.807, 2.05) is 0 Å². The van der Waals surface area contributed by atoms with E-state index in [1.165, 1.54) is 58.8 Å². The van der Waals surface area contributed by atoms with Gasteiger partial charge in [-0.05, 0) is 39.5 Å². The number of benzene rings is 1. The lowest BCUT2D eigenvalue weighted by Crippen LogP contribution is -1.84. The van der Waals surface area contributed by atoms with Crippen LogP contribution in [0.15, 0.2) is 30.3 Å². The van der Waals surface area contributed by atoms with Crippen LogP contribution in [0, 0.1) is 0 Å². The molecule has 0 amide bonds. The molecule has 0 saturated carbocycles. The molecule has 1 rings (SSSR count). The Morgan fingerprint density at radius 3 is 1.67 bits per heavy atom. The van der Waals surface area contributed by atoms with Crippen molar-refractivity contribution in [2.75, 3.05) is 21.1 Å². The van der Waals surface area contributed by atoms with E-state index < -0.39 is 0 Å². The van der Waals surface area contributed by atoms with Crippen molar-refractivity contribution in [2.45, 2.75) is 39.0 Å². The summed E-state index contributed by atoms with van der Waals surface area (Å²) in [7, 11) is 4.50. The molecular weight excluding hydrogens is 222 g/mol. The summed E-state index contributed by atoms with van der Waals surface area (Å²) in [6.07, 6.45) is 6.69. The maximum Gasteiger partial charge on any atom is -0.0195 e. The summed E-state index contributed by atoms with van der Waals surface area (Å²) < 4.78 is 0. The summed E-state index contributed by atoms with van der Waals surface area (Å²) in [5.74, 6) is 0. The molecule has 1 aromatic carbocycles. The molecule has 0 aliphatic carbocycles. The van der Waals surface area contributed by atoms with Crippen molar-refractivity contribution in [3.8, 4) is 0 Å². The lowest BCUT2D eigenvalue weighted by Gasteiger charge is -1.99. The van der Waals surface area contributed by atoms with Gasteiger partial charge in [-0.2, -0.15) is 0 Å². The van der Waals surface area contributed by atoms with Gasteiger partial charge in [0.15, 0.2) is 0 Å². The lowest BCUT2D eigenvalue weighted by atomic mass is 10.1. The highest BCUT2D eigenvalue weighted by atomic mass is 14.4. The first-order chi connectivity index (χ1) is 8.93. The Labute approximate surface area is 114 Å². The first-order valence-electron chi connectivity index (χ1n) is 6.70. The van der Waals surface area contributed by atoms with E-state index in [4.69, 9.17) is 0 Å². The summed E-state index contributed by atoms with van der Waals surface area (Å²) in [4.78, 5) is 0. The fourth-order valence-electron chi connectivity index (χ4n) is 1.40. The second kappa shape index (κ2) is 25.1. The van der Waals surface area contributed by atoms with Gasteiger partial charge in [-0.3, -0.25) is 0 Å². The third-order valence-electron chi connectivity index (χ3n) is 2.16. The summed E-state index contributed by atoms with van der Waals surface area (Å²) in [5.41, 5.74) is 15.0. The molecule has 1 aromatic rings. The Kier molecular flexibility index (Phi) is 31.1. The lowest BCUT2D eigenvalue weighted by molar-refractivity contribution is 0.667. The van der Waals surface area contributed by atoms with E-state index in [0.29, 0.717) is 0 Å². The van der Waals surface area contributed by atoms with Gasteiger partial charge in [0.2, 0.25) is 0 Å². The highest BCUT2D eigenvalue weighted by Gasteiger charge is 1.90. The quantitative estimate of drug-likeness (QED) is 0.707. The number of rotatable bonds is 5. The number of nitrogens with two attached hydrogens (primary N) is 3. The van der Waals surface area contributed by atoms with E-state index in [-0.39, 0.29) is 0 Å². The van der Waals surface area contributed by atoms with Gasteiger partial charge in [0.25, 0.3) is 0 Å². The first-order valence-corrected chi connectivity index (χ1v) is 6.70. The van der Waals surface area contributed by atoms with Gasteiger partial charge in [0.05, 0.1) is 0 Å². The van der Waals surface area contributed by atoms with Gasteiger partial charge in [-0.25, -0.2) is 0 Å². The third kappa shape index (κ3) is 17.5. The van der Waals surface area contributed by atoms with Crippen molar-refractivity contribution < 1.29 is 0 Å². The van der Waals surface area contributed by atoms with Crippen molar-refractivity contribution in [1.82, 2.24) is 0 Å². The molecule has 0 atom stereocenters. The van der Waals surface area contributed by atoms with Crippen LogP contribution >= 0.6 is 0 Å². The van der Waals surface area contributed by atoms with Crippen LogP contribution in [0.1, 0.15) is 38.2 Å². The van der Waals surface area contributed by atoms with Crippen LogP contribution in [0.5, 0.6) is 0 Å². The molecule has 6 N–H and O–H groups in total. The van der Waals surface area contributed by atoms with Gasteiger partial charge in [-0.15, -0.1) is 0 Å². The molecular formula is C15H33N3. The van der Waals surface area contributed by atoms with Crippen molar-refractivity contribution in [3.05, 3.63) is 35.9 Å². The molecule has 3 heteroatoms. The minimum atomic E-state index is 1.25. The van der Waals surface area contributed by atoms with Gasteiger partial charge < -0.3 is 17.2 Å². The predicted octanol–water partition coefficient (Wildman–Crippen LogP) is 2.53. The van der Waals surface area contributed by atoms with Gasteiger partial charge in [0, 0.05) is 0 Å². The van der Waals surface area contributed by atoms with Crippen LogP contribution in [0.4, 0.5) is 0 Å². The van der Waals surface area contributed by atoms with E-state index in [0.717, 1.165) is 0 Å². The summed E-state index contributed by atoms with van der Waals surface area (Å²) in [6, 6.07) is 10.7. The van der Waals surface area contributed by atoms with Crippen LogP contribution in [0.25, 0.3) is 0 Å². The van der Waals surface area contributed by atoms with Crippen molar-refractivity contribution >= 4 is 0 Å². The summed E-state index contributed by atoms with van der Waals surface area (Å²) in [5, 5.41) is 0. The smallest absolute Gasteiger partial charge is 0.0195 e. The third-order valence-corrected chi connectivity index (χ3v) is 2.16. The number of hydrogen-bond acceptors (Lipinski definition) is 3. The fraction of sp³-hybridized carbons (Fsp3) is 0.600. The zero-order valence-corrected chi connectivity index (χ0v) is 12.7. The SMILES string of the molecule is CCCCCCc1ccccc1.CN.CN.CN. The Morgan fingerprint density at radius 2 is 1.22 bits per heavy atom. The normalized spacial score (nSPS) is 7.72. The highest BCUT2D eigenvalue weighted by Crippen LogP contribution is 2.06. The Morgan fingerprint density at radius 1 is 0.722 bits per heavy atom. The van der Waals surface area contributed by atoms with Crippen molar-refractivity contribution in [1.29, 1.82) is 0 Å². The maximum absolute atomic E-state index is 4.50. The molecule has 0 aliphatic rings. The van der Waals surface area contributed by atoms with Gasteiger partial charge >= 0.3 is 0 Å². The van der Waals surface area contributed by atoms with E-state index in [2.05, 4.69) is 54.5 Å². The average Bonchev–Trinajstić information content (AvgIpc) is 2.51. The van der Waals surface area contributed by atoms with E-state index in [1.54, 1.807) is 0 Å². The summed E-state index contributed by atoms with van der Waals surface area (Å²) >= 11 is 0. The van der Waals surface area contributed by atoms with E-state index in [9.17, 15) is 0 Å². The Balaban J connectivity index is -0.000000328. The zero-order chi connectivity index (χ0) is 14.6. The molecule has 0 aliphatic heterocycles. The molecule has 0 heterocycles. The minimum Gasteiger partial charge on any atom is -0.333 e. The average molecular weight is 255 g/mol. The van der Waals surface area contributed by atoms with Crippen molar-refractivity contribution in [2.24, 2.45) is 17.2 Å². The zero-order valence-electron chi connectivity index (χ0n) is 12.7. The number of unbranched alkanes of at least 4 members (excludes halogenated alkanes) is 3. The van der Waals surface area contributed by atoms with Crippen LogP contribution < -0.4 is 17.2 Å². The number of aryl methyl sites for hydroxylation is 1. The van der Waals surface area contributed by atoms with Crippen LogP contribution in [-0.4, -0.2) is 21.1 Å². The molecule has 0 aromatic heterocycles. The Hall–Kier alpha value is -0.900. The topological polar surface area (TPSA) is 78.1 Å². The van der Waals surface area contributed by atoms with Crippen LogP contribution in [0.3, 0.4) is 0 Å². The molecule has 0 radical (unpaired) electrons. The second-order valence-corrected chi connectivity index (χ2v) is 3.30. The van der Waals surface area contributed by atoms with Crippen LogP contribution in [0.2, 0.25) is 0 Å². The van der Waals surface area contributed by atoms with Gasteiger partial charge in [0.1, 0.15) is 0 Å². The maximum atomic E-state index is 4.50. The standard InChI is InChI=1S/C12H18.3CH5N/c1-2-3-4-6-9-12-10-7-5-8-11-12;3*1-2/h5,7-8,10-11H,2-4,6,9H2,1H3;3*2H2,1H3. The largest absolute Gasteiger partial charge is 0.333 e. The molecule has 0 unspecified atom stereocenters. The Bertz CT molecular complexity index is 200. The van der Waals surface area contributed by atoms with Crippen molar-refractivity contribution in [3.63, 3.8) is 0 Å².